The number of ether oxygens (including phenoxy) is 2. The number of rotatable bonds is 16. The Morgan fingerprint density at radius 1 is 1.02 bits per heavy atom. The van der Waals surface area contributed by atoms with Crippen molar-refractivity contribution in [3.05, 3.63) is 107 Å². The van der Waals surface area contributed by atoms with E-state index in [0.717, 1.165) is 97.7 Å². The summed E-state index contributed by atoms with van der Waals surface area (Å²) in [7, 11) is 0. The van der Waals surface area contributed by atoms with Gasteiger partial charge in [-0.05, 0) is 95.2 Å². The maximum Gasteiger partial charge on any atom is 0.310 e. The molecule has 252 valence electrons. The molecule has 1 fully saturated rings. The minimum Gasteiger partial charge on any atom is -0.466 e. The lowest BCUT2D eigenvalue weighted by molar-refractivity contribution is -0.142. The third-order valence-corrected chi connectivity index (χ3v) is 9.13. The van der Waals surface area contributed by atoms with Crippen molar-refractivity contribution < 1.29 is 18.7 Å². The molecular weight excluding hydrogens is 589 g/mol. The van der Waals surface area contributed by atoms with Gasteiger partial charge in [0.05, 0.1) is 30.9 Å². The zero-order chi connectivity index (χ0) is 34.0. The van der Waals surface area contributed by atoms with Crippen molar-refractivity contribution in [1.29, 1.82) is 0 Å². The van der Waals surface area contributed by atoms with Crippen LogP contribution in [0.4, 0.5) is 10.1 Å². The monoisotopic (exact) mass is 641 g/mol. The van der Waals surface area contributed by atoms with Crippen LogP contribution >= 0.6 is 0 Å². The van der Waals surface area contributed by atoms with E-state index in [4.69, 9.17) is 14.5 Å². The van der Waals surface area contributed by atoms with Crippen molar-refractivity contribution in [1.82, 2.24) is 9.88 Å². The minimum atomic E-state index is -0.243. The second kappa shape index (κ2) is 16.8. The number of aryl methyl sites for hydroxylation is 3. The lowest BCUT2D eigenvalue weighted by Gasteiger charge is -2.41. The number of hydrogen-bond acceptors (Lipinski definition) is 6. The molecule has 1 aliphatic heterocycles. The van der Waals surface area contributed by atoms with Gasteiger partial charge in [0.25, 0.3) is 0 Å². The number of unbranched alkanes of at least 4 members (excludes halogenated alkanes) is 1. The van der Waals surface area contributed by atoms with Gasteiger partial charge in [-0.2, -0.15) is 0 Å². The number of nitrogens with zero attached hydrogens (tertiary/aromatic N) is 3. The summed E-state index contributed by atoms with van der Waals surface area (Å²) in [5.41, 5.74) is 8.67. The molecule has 0 aliphatic carbocycles. The fourth-order valence-electron chi connectivity index (χ4n) is 6.51. The van der Waals surface area contributed by atoms with Crippen LogP contribution in [0.5, 0.6) is 0 Å². The number of aromatic nitrogens is 1. The molecule has 3 aromatic rings. The number of allylic oxidation sites excluding steroid dienone is 1. The van der Waals surface area contributed by atoms with Gasteiger partial charge in [0.2, 0.25) is 0 Å². The van der Waals surface area contributed by atoms with Crippen molar-refractivity contribution in [3.8, 4) is 11.1 Å². The molecule has 0 N–H and O–H groups in total. The Morgan fingerprint density at radius 3 is 2.34 bits per heavy atom. The minimum absolute atomic E-state index is 0.173. The molecule has 0 amide bonds. The summed E-state index contributed by atoms with van der Waals surface area (Å²) in [5, 5.41) is 0. The summed E-state index contributed by atoms with van der Waals surface area (Å²) in [4.78, 5) is 22.6. The maximum absolute atomic E-state index is 13.9. The fourth-order valence-corrected chi connectivity index (χ4v) is 6.51. The number of piperidine rings is 1. The number of halogens is 1. The van der Waals surface area contributed by atoms with Crippen LogP contribution in [0.1, 0.15) is 73.2 Å². The first kappa shape index (κ1) is 36.0. The number of anilines is 1. The second-order valence-corrected chi connectivity index (χ2v) is 12.9. The van der Waals surface area contributed by atoms with Gasteiger partial charge in [-0.3, -0.25) is 14.7 Å². The van der Waals surface area contributed by atoms with Gasteiger partial charge >= 0.3 is 5.97 Å². The zero-order valence-electron chi connectivity index (χ0n) is 29.0. The number of pyridine rings is 1. The van der Waals surface area contributed by atoms with Gasteiger partial charge in [-0.25, -0.2) is 4.39 Å². The number of benzene rings is 2. The number of esters is 1. The van der Waals surface area contributed by atoms with E-state index in [0.29, 0.717) is 18.8 Å². The SMILES string of the molecule is C=CCCCN(Cc1ccc(-c2c(C)nc(C)c(CC(=O)OCC)c2N2CCC(C)(OCC=C)CC2)cc1)Cc1ccc(F)c(C)c1. The molecule has 0 radical (unpaired) electrons. The first-order valence-electron chi connectivity index (χ1n) is 16.9. The Morgan fingerprint density at radius 2 is 1.70 bits per heavy atom. The Labute approximate surface area is 281 Å². The van der Waals surface area contributed by atoms with E-state index in [1.807, 2.05) is 39.0 Å². The predicted molar refractivity (Wildman–Crippen MR) is 190 cm³/mol. The van der Waals surface area contributed by atoms with Crippen LogP contribution in [0.15, 0.2) is 67.8 Å². The molecule has 4 rings (SSSR count). The quantitative estimate of drug-likeness (QED) is 0.0889. The standard InChI is InChI=1S/C40H52FN3O3/c1-8-11-12-21-43(28-33-15-18-36(41)29(4)25-33)27-32-13-16-34(17-14-32)38-31(6)42-30(5)35(26-37(45)46-10-3)39(38)44-22-19-40(7,20-23-44)47-24-9-2/h8-9,13-18,25H,1-2,10-12,19-24,26-28H2,3-7H3. The van der Waals surface area contributed by atoms with E-state index >= 15 is 0 Å². The Balaban J connectivity index is 1.66. The highest BCUT2D eigenvalue weighted by atomic mass is 19.1. The first-order chi connectivity index (χ1) is 22.6. The van der Waals surface area contributed by atoms with Crippen LogP contribution in [-0.4, -0.2) is 54.3 Å². The molecule has 0 saturated carbocycles. The van der Waals surface area contributed by atoms with Gasteiger partial charge in [-0.1, -0.05) is 48.6 Å². The van der Waals surface area contributed by atoms with Crippen molar-refractivity contribution in [2.24, 2.45) is 0 Å². The lowest BCUT2D eigenvalue weighted by Crippen LogP contribution is -2.45. The predicted octanol–water partition coefficient (Wildman–Crippen LogP) is 8.45. The molecule has 6 nitrogen and oxygen atoms in total. The Hall–Kier alpha value is -3.81. The van der Waals surface area contributed by atoms with E-state index < -0.39 is 0 Å². The number of carbonyl (C=O) groups excluding carboxylic acids is 1. The molecule has 0 atom stereocenters. The average molecular weight is 642 g/mol. The van der Waals surface area contributed by atoms with E-state index in [1.165, 1.54) is 5.56 Å². The zero-order valence-corrected chi connectivity index (χ0v) is 29.0. The number of carbonyl (C=O) groups is 1. The summed E-state index contributed by atoms with van der Waals surface area (Å²) in [6, 6.07) is 14.1. The van der Waals surface area contributed by atoms with Gasteiger partial charge in [0.1, 0.15) is 5.82 Å². The van der Waals surface area contributed by atoms with Crippen LogP contribution in [0, 0.1) is 26.6 Å². The third-order valence-electron chi connectivity index (χ3n) is 9.13. The molecule has 2 aromatic carbocycles. The Bertz CT molecular complexity index is 1530. The van der Waals surface area contributed by atoms with Crippen molar-refractivity contribution in [2.75, 3.05) is 37.7 Å². The molecule has 1 saturated heterocycles. The summed E-state index contributed by atoms with van der Waals surface area (Å²) in [5.74, 6) is -0.416. The van der Waals surface area contributed by atoms with E-state index in [9.17, 15) is 9.18 Å². The van der Waals surface area contributed by atoms with Crippen LogP contribution in [0.2, 0.25) is 0 Å². The fraction of sp³-hybridized carbons (Fsp3) is 0.450. The normalized spacial score (nSPS) is 14.3. The van der Waals surface area contributed by atoms with Gasteiger partial charge < -0.3 is 14.4 Å². The number of hydrogen-bond donors (Lipinski definition) is 0. The highest BCUT2D eigenvalue weighted by molar-refractivity contribution is 5.86. The van der Waals surface area contributed by atoms with Crippen molar-refractivity contribution in [2.45, 2.75) is 85.4 Å². The molecule has 47 heavy (non-hydrogen) atoms. The van der Waals surface area contributed by atoms with Gasteiger partial charge in [-0.15, -0.1) is 13.2 Å². The molecule has 0 spiro atoms. The smallest absolute Gasteiger partial charge is 0.310 e. The average Bonchev–Trinajstić information content (AvgIpc) is 3.04. The van der Waals surface area contributed by atoms with Crippen LogP contribution in [0.25, 0.3) is 11.1 Å². The molecule has 7 heteroatoms. The topological polar surface area (TPSA) is 54.9 Å². The molecule has 1 aliphatic rings. The van der Waals surface area contributed by atoms with Gasteiger partial charge in [0, 0.05) is 48.7 Å². The lowest BCUT2D eigenvalue weighted by atomic mass is 9.89. The molecule has 1 aromatic heterocycles. The van der Waals surface area contributed by atoms with Crippen molar-refractivity contribution >= 4 is 11.7 Å². The molecule has 2 heterocycles. The van der Waals surface area contributed by atoms with Crippen LogP contribution in [0.3, 0.4) is 0 Å². The van der Waals surface area contributed by atoms with Crippen LogP contribution in [-0.2, 0) is 33.8 Å². The maximum atomic E-state index is 13.9. The van der Waals surface area contributed by atoms with Crippen molar-refractivity contribution in [3.63, 3.8) is 0 Å². The molecule has 0 unspecified atom stereocenters. The largest absolute Gasteiger partial charge is 0.466 e. The highest BCUT2D eigenvalue weighted by Gasteiger charge is 2.33. The van der Waals surface area contributed by atoms with Crippen LogP contribution < -0.4 is 4.90 Å². The summed E-state index contributed by atoms with van der Waals surface area (Å²) in [6.07, 6.45) is 7.63. The second-order valence-electron chi connectivity index (χ2n) is 12.9. The van der Waals surface area contributed by atoms with E-state index in [2.05, 4.69) is 61.1 Å². The third kappa shape index (κ3) is 9.61. The Kier molecular flexibility index (Phi) is 12.9. The van der Waals surface area contributed by atoms with E-state index in [-0.39, 0.29) is 23.8 Å². The van der Waals surface area contributed by atoms with Gasteiger partial charge in [0.15, 0.2) is 0 Å². The van der Waals surface area contributed by atoms with E-state index in [1.54, 1.807) is 12.1 Å². The first-order valence-corrected chi connectivity index (χ1v) is 16.9. The molecule has 0 bridgehead atoms. The summed E-state index contributed by atoms with van der Waals surface area (Å²) >= 11 is 0. The summed E-state index contributed by atoms with van der Waals surface area (Å²) in [6.45, 7) is 22.5. The highest BCUT2D eigenvalue weighted by Crippen LogP contribution is 2.41. The summed E-state index contributed by atoms with van der Waals surface area (Å²) < 4.78 is 25.5. The molecular formula is C40H52FN3O3.